The summed E-state index contributed by atoms with van der Waals surface area (Å²) in [5.74, 6) is 0. The van der Waals surface area contributed by atoms with Crippen molar-refractivity contribution < 1.29 is 0 Å². The first-order valence-corrected chi connectivity index (χ1v) is 8.44. The topological polar surface area (TPSA) is 0 Å². The van der Waals surface area contributed by atoms with Crippen molar-refractivity contribution in [2.75, 3.05) is 0 Å². The summed E-state index contributed by atoms with van der Waals surface area (Å²) < 4.78 is 0. The van der Waals surface area contributed by atoms with Crippen molar-refractivity contribution in [2.45, 2.75) is 25.2 Å². The number of allylic oxidation sites excluding steroid dienone is 1. The fourth-order valence-electron chi connectivity index (χ4n) is 2.00. The molecular formula is C12H16Si. The van der Waals surface area contributed by atoms with E-state index in [0.29, 0.717) is 0 Å². The summed E-state index contributed by atoms with van der Waals surface area (Å²) >= 11 is 0. The molecule has 0 unspecified atom stereocenters. The average molecular weight is 188 g/mol. The first-order valence-electron chi connectivity index (χ1n) is 4.86. The Kier molecular flexibility index (Phi) is 1.92. The molecule has 1 aliphatic carbocycles. The Bertz CT molecular complexity index is 344. The van der Waals surface area contributed by atoms with E-state index in [1.165, 1.54) is 5.56 Å². The lowest BCUT2D eigenvalue weighted by atomic mass is 10.1. The number of fused-ring (bicyclic) bond motifs is 1. The number of hydrogen-bond donors (Lipinski definition) is 0. The number of hydrogen-bond acceptors (Lipinski definition) is 0. The molecule has 0 N–H and O–H groups in total. The Morgan fingerprint density at radius 1 is 1.08 bits per heavy atom. The molecule has 0 radical (unpaired) electrons. The molecule has 0 aromatic heterocycles. The van der Waals surface area contributed by atoms with Gasteiger partial charge in [0.1, 0.15) is 0 Å². The molecule has 0 saturated carbocycles. The molecule has 0 amide bonds. The van der Waals surface area contributed by atoms with E-state index in [9.17, 15) is 0 Å². The molecule has 1 aliphatic rings. The third-order valence-corrected chi connectivity index (χ3v) is 5.10. The van der Waals surface area contributed by atoms with Crippen molar-refractivity contribution in [2.24, 2.45) is 0 Å². The van der Waals surface area contributed by atoms with Crippen LogP contribution in [-0.4, -0.2) is 8.07 Å². The van der Waals surface area contributed by atoms with Crippen molar-refractivity contribution in [3.05, 3.63) is 41.5 Å². The Morgan fingerprint density at radius 2 is 1.77 bits per heavy atom. The van der Waals surface area contributed by atoms with Gasteiger partial charge in [0.15, 0.2) is 0 Å². The maximum absolute atomic E-state index is 2.43. The minimum atomic E-state index is -1.06. The molecule has 1 heteroatoms. The Labute approximate surface area is 81.3 Å². The molecule has 1 atom stereocenters. The van der Waals surface area contributed by atoms with Gasteiger partial charge in [0, 0.05) is 0 Å². The van der Waals surface area contributed by atoms with Gasteiger partial charge in [0.2, 0.25) is 0 Å². The molecule has 2 rings (SSSR count). The molecule has 0 aliphatic heterocycles. The summed E-state index contributed by atoms with van der Waals surface area (Å²) in [6.45, 7) is 7.30. The molecule has 0 saturated heterocycles. The highest BCUT2D eigenvalue weighted by atomic mass is 28.3. The van der Waals surface area contributed by atoms with E-state index in [1.807, 2.05) is 0 Å². The highest BCUT2D eigenvalue weighted by Gasteiger charge is 2.29. The number of benzene rings is 1. The first-order chi connectivity index (χ1) is 6.09. The van der Waals surface area contributed by atoms with Crippen LogP contribution in [-0.2, 0) is 0 Å². The summed E-state index contributed by atoms with van der Waals surface area (Å²) in [6, 6.07) is 8.76. The van der Waals surface area contributed by atoms with Crippen molar-refractivity contribution >= 4 is 14.1 Å². The van der Waals surface area contributed by atoms with E-state index < -0.39 is 8.07 Å². The van der Waals surface area contributed by atoms with Gasteiger partial charge in [0.05, 0.1) is 8.07 Å². The van der Waals surface area contributed by atoms with Gasteiger partial charge >= 0.3 is 0 Å². The Morgan fingerprint density at radius 3 is 2.46 bits per heavy atom. The fraction of sp³-hybridized carbons (Fsp3) is 0.333. The molecule has 0 heterocycles. The van der Waals surface area contributed by atoms with E-state index in [0.717, 1.165) is 5.54 Å². The van der Waals surface area contributed by atoms with Crippen LogP contribution >= 0.6 is 0 Å². The molecule has 1 aromatic carbocycles. The van der Waals surface area contributed by atoms with Crippen LogP contribution in [0.3, 0.4) is 0 Å². The second kappa shape index (κ2) is 2.84. The van der Waals surface area contributed by atoms with Crippen LogP contribution in [0.4, 0.5) is 0 Å². The van der Waals surface area contributed by atoms with Gasteiger partial charge in [-0.05, 0) is 16.7 Å². The molecule has 1 aromatic rings. The van der Waals surface area contributed by atoms with Crippen LogP contribution in [0.15, 0.2) is 30.3 Å². The molecular weight excluding hydrogens is 172 g/mol. The zero-order valence-corrected chi connectivity index (χ0v) is 9.54. The van der Waals surface area contributed by atoms with Crippen molar-refractivity contribution in [1.82, 2.24) is 0 Å². The van der Waals surface area contributed by atoms with Gasteiger partial charge in [-0.1, -0.05) is 56.1 Å². The molecule has 0 fully saturated rings. The molecule has 68 valence electrons. The van der Waals surface area contributed by atoms with E-state index in [-0.39, 0.29) is 0 Å². The second-order valence-corrected chi connectivity index (χ2v) is 10.2. The summed E-state index contributed by atoms with van der Waals surface area (Å²) in [5.41, 5.74) is 3.69. The Balaban J connectivity index is 2.45. The predicted molar refractivity (Wildman–Crippen MR) is 61.6 cm³/mol. The van der Waals surface area contributed by atoms with Crippen LogP contribution in [0, 0.1) is 0 Å². The average Bonchev–Trinajstić information content (AvgIpc) is 2.45. The first kappa shape index (κ1) is 8.76. The smallest absolute Gasteiger partial charge is 0.0566 e. The highest BCUT2D eigenvalue weighted by Crippen LogP contribution is 2.36. The predicted octanol–water partition coefficient (Wildman–Crippen LogP) is 3.67. The van der Waals surface area contributed by atoms with Crippen LogP contribution in [0.25, 0.3) is 6.08 Å². The van der Waals surface area contributed by atoms with Crippen LogP contribution in [0.2, 0.25) is 19.6 Å². The Hall–Kier alpha value is -0.823. The SMILES string of the molecule is C[Si](C)(C)[C@@H]1C=Cc2ccccc21. The fourth-order valence-corrected chi connectivity index (χ4v) is 3.87. The summed E-state index contributed by atoms with van der Waals surface area (Å²) in [5, 5.41) is 0. The summed E-state index contributed by atoms with van der Waals surface area (Å²) in [7, 11) is -1.06. The minimum Gasteiger partial charge on any atom is -0.0791 e. The van der Waals surface area contributed by atoms with Crippen LogP contribution in [0.1, 0.15) is 16.7 Å². The summed E-state index contributed by atoms with van der Waals surface area (Å²) in [4.78, 5) is 0. The maximum atomic E-state index is 2.43. The van der Waals surface area contributed by atoms with Gasteiger partial charge in [-0.2, -0.15) is 0 Å². The molecule has 0 spiro atoms. The largest absolute Gasteiger partial charge is 0.0791 e. The van der Waals surface area contributed by atoms with Crippen molar-refractivity contribution in [3.63, 3.8) is 0 Å². The van der Waals surface area contributed by atoms with Crippen LogP contribution < -0.4 is 0 Å². The van der Waals surface area contributed by atoms with E-state index in [2.05, 4.69) is 56.1 Å². The monoisotopic (exact) mass is 188 g/mol. The third-order valence-electron chi connectivity index (χ3n) is 2.73. The molecule has 0 bridgehead atoms. The maximum Gasteiger partial charge on any atom is 0.0566 e. The van der Waals surface area contributed by atoms with E-state index in [1.54, 1.807) is 5.56 Å². The van der Waals surface area contributed by atoms with E-state index >= 15 is 0 Å². The van der Waals surface area contributed by atoms with Crippen LogP contribution in [0.5, 0.6) is 0 Å². The molecule has 13 heavy (non-hydrogen) atoms. The van der Waals surface area contributed by atoms with Gasteiger partial charge in [-0.25, -0.2) is 0 Å². The second-order valence-electron chi connectivity index (χ2n) is 4.83. The lowest BCUT2D eigenvalue weighted by Gasteiger charge is -2.24. The zero-order chi connectivity index (χ0) is 9.47. The van der Waals surface area contributed by atoms with Crippen molar-refractivity contribution in [3.8, 4) is 0 Å². The van der Waals surface area contributed by atoms with E-state index in [4.69, 9.17) is 0 Å². The lowest BCUT2D eigenvalue weighted by Crippen LogP contribution is -2.28. The van der Waals surface area contributed by atoms with Gasteiger partial charge in [-0.3, -0.25) is 0 Å². The minimum absolute atomic E-state index is 0.726. The number of rotatable bonds is 1. The standard InChI is InChI=1S/C12H16Si/c1-13(2,3)12-9-8-10-6-4-5-7-11(10)12/h4-9,12H,1-3H3/t12-/m1/s1. The summed E-state index contributed by atoms with van der Waals surface area (Å²) in [6.07, 6.45) is 4.66. The van der Waals surface area contributed by atoms with Gasteiger partial charge in [-0.15, -0.1) is 0 Å². The van der Waals surface area contributed by atoms with Crippen molar-refractivity contribution in [1.29, 1.82) is 0 Å². The lowest BCUT2D eigenvalue weighted by molar-refractivity contribution is 1.16. The highest BCUT2D eigenvalue weighted by molar-refractivity contribution is 6.78. The quantitative estimate of drug-likeness (QED) is 0.590. The van der Waals surface area contributed by atoms with Gasteiger partial charge < -0.3 is 0 Å². The molecule has 0 nitrogen and oxygen atoms in total. The third kappa shape index (κ3) is 1.48. The van der Waals surface area contributed by atoms with Gasteiger partial charge in [0.25, 0.3) is 0 Å². The normalized spacial score (nSPS) is 20.4. The zero-order valence-electron chi connectivity index (χ0n) is 8.54.